The average Bonchev–Trinajstić information content (AvgIpc) is 2.98. The van der Waals surface area contributed by atoms with Crippen LogP contribution < -0.4 is 10.5 Å². The average molecular weight is 251 g/mol. The van der Waals surface area contributed by atoms with Crippen molar-refractivity contribution in [3.63, 3.8) is 0 Å². The van der Waals surface area contributed by atoms with E-state index in [-0.39, 0.29) is 6.04 Å². The zero-order valence-electron chi connectivity index (χ0n) is 9.98. The van der Waals surface area contributed by atoms with E-state index in [9.17, 15) is 0 Å². The Bertz CT molecular complexity index is 430. The minimum Gasteiger partial charge on any atom is -0.477 e. The molecule has 0 bridgehead atoms. The highest BCUT2D eigenvalue weighted by molar-refractivity contribution is 7.99. The second kappa shape index (κ2) is 4.46. The number of ether oxygens (including phenoxy) is 1. The molecular weight excluding hydrogens is 234 g/mol. The monoisotopic (exact) mass is 251 g/mol. The molecule has 17 heavy (non-hydrogen) atoms. The van der Waals surface area contributed by atoms with Crippen LogP contribution in [0.2, 0.25) is 0 Å². The second-order valence-electron chi connectivity index (χ2n) is 4.70. The smallest absolute Gasteiger partial charge is 0.220 e. The SMILES string of the molecule is CC(N)c1nc2c(c(C3CCSC3)n1)CCO2. The van der Waals surface area contributed by atoms with Gasteiger partial charge in [0.1, 0.15) is 5.82 Å². The van der Waals surface area contributed by atoms with Gasteiger partial charge in [-0.05, 0) is 19.1 Å². The number of fused-ring (bicyclic) bond motifs is 1. The predicted octanol–water partition coefficient (Wildman–Crippen LogP) is 1.65. The van der Waals surface area contributed by atoms with Gasteiger partial charge >= 0.3 is 0 Å². The van der Waals surface area contributed by atoms with Crippen molar-refractivity contribution in [3.8, 4) is 5.88 Å². The van der Waals surface area contributed by atoms with E-state index in [1.165, 1.54) is 29.2 Å². The maximum absolute atomic E-state index is 5.89. The van der Waals surface area contributed by atoms with Crippen molar-refractivity contribution >= 4 is 11.8 Å². The zero-order chi connectivity index (χ0) is 11.8. The highest BCUT2D eigenvalue weighted by atomic mass is 32.2. The number of hydrogen-bond donors (Lipinski definition) is 1. The van der Waals surface area contributed by atoms with Crippen molar-refractivity contribution in [2.45, 2.75) is 31.7 Å². The van der Waals surface area contributed by atoms with E-state index in [4.69, 9.17) is 15.5 Å². The van der Waals surface area contributed by atoms with Crippen LogP contribution in [0.5, 0.6) is 5.88 Å². The Hall–Kier alpha value is -0.810. The molecule has 1 aromatic heterocycles. The summed E-state index contributed by atoms with van der Waals surface area (Å²) in [7, 11) is 0. The number of hydrogen-bond acceptors (Lipinski definition) is 5. The minimum absolute atomic E-state index is 0.127. The van der Waals surface area contributed by atoms with E-state index in [1.54, 1.807) is 0 Å². The van der Waals surface area contributed by atoms with Crippen molar-refractivity contribution in [2.24, 2.45) is 5.73 Å². The molecule has 92 valence electrons. The fourth-order valence-electron chi connectivity index (χ4n) is 2.39. The van der Waals surface area contributed by atoms with Gasteiger partial charge in [0.15, 0.2) is 0 Å². The second-order valence-corrected chi connectivity index (χ2v) is 5.85. The van der Waals surface area contributed by atoms with Gasteiger partial charge in [-0.2, -0.15) is 16.7 Å². The summed E-state index contributed by atoms with van der Waals surface area (Å²) in [5, 5.41) is 0. The number of aromatic nitrogens is 2. The van der Waals surface area contributed by atoms with Gasteiger partial charge in [0.2, 0.25) is 5.88 Å². The summed E-state index contributed by atoms with van der Waals surface area (Å²) in [6.45, 7) is 2.66. The molecule has 3 heterocycles. The molecule has 0 amide bonds. The van der Waals surface area contributed by atoms with Crippen molar-refractivity contribution in [3.05, 3.63) is 17.1 Å². The van der Waals surface area contributed by atoms with Gasteiger partial charge in [0.25, 0.3) is 0 Å². The first-order chi connectivity index (χ1) is 8.25. The fraction of sp³-hybridized carbons (Fsp3) is 0.667. The normalized spacial score (nSPS) is 24.5. The third-order valence-corrected chi connectivity index (χ3v) is 4.50. The minimum atomic E-state index is -0.127. The molecule has 1 fully saturated rings. The molecule has 2 atom stereocenters. The lowest BCUT2D eigenvalue weighted by Gasteiger charge is -2.14. The predicted molar refractivity (Wildman–Crippen MR) is 68.5 cm³/mol. The Balaban J connectivity index is 2.05. The van der Waals surface area contributed by atoms with E-state index in [2.05, 4.69) is 4.98 Å². The summed E-state index contributed by atoms with van der Waals surface area (Å²) >= 11 is 2.00. The number of rotatable bonds is 2. The quantitative estimate of drug-likeness (QED) is 0.866. The van der Waals surface area contributed by atoms with Crippen LogP contribution in [0.25, 0.3) is 0 Å². The summed E-state index contributed by atoms with van der Waals surface area (Å²) < 4.78 is 5.58. The van der Waals surface area contributed by atoms with Gasteiger partial charge in [-0.25, -0.2) is 4.98 Å². The third kappa shape index (κ3) is 2.02. The van der Waals surface area contributed by atoms with E-state index < -0.39 is 0 Å². The molecule has 0 aromatic carbocycles. The molecule has 2 aliphatic rings. The third-order valence-electron chi connectivity index (χ3n) is 3.33. The van der Waals surface area contributed by atoms with Crippen LogP contribution in [0.15, 0.2) is 0 Å². The number of nitrogens with two attached hydrogens (primary N) is 1. The highest BCUT2D eigenvalue weighted by Gasteiger charge is 2.28. The molecule has 5 heteroatoms. The van der Waals surface area contributed by atoms with E-state index in [0.717, 1.165) is 24.7 Å². The van der Waals surface area contributed by atoms with Gasteiger partial charge in [-0.3, -0.25) is 0 Å². The Morgan fingerprint density at radius 2 is 2.35 bits per heavy atom. The summed E-state index contributed by atoms with van der Waals surface area (Å²) in [6.07, 6.45) is 2.16. The van der Waals surface area contributed by atoms with Crippen LogP contribution >= 0.6 is 11.8 Å². The maximum atomic E-state index is 5.89. The topological polar surface area (TPSA) is 61.0 Å². The van der Waals surface area contributed by atoms with Crippen molar-refractivity contribution in [1.29, 1.82) is 0 Å². The lowest BCUT2D eigenvalue weighted by Crippen LogP contribution is -2.14. The molecule has 2 N–H and O–H groups in total. The number of thioether (sulfide) groups is 1. The summed E-state index contributed by atoms with van der Waals surface area (Å²) in [5.41, 5.74) is 8.31. The van der Waals surface area contributed by atoms with Gasteiger partial charge < -0.3 is 10.5 Å². The van der Waals surface area contributed by atoms with Gasteiger partial charge in [-0.1, -0.05) is 0 Å². The van der Waals surface area contributed by atoms with Gasteiger partial charge in [0, 0.05) is 23.7 Å². The van der Waals surface area contributed by atoms with Crippen LogP contribution in [0, 0.1) is 0 Å². The highest BCUT2D eigenvalue weighted by Crippen LogP contribution is 2.37. The van der Waals surface area contributed by atoms with E-state index in [1.807, 2.05) is 18.7 Å². The lowest BCUT2D eigenvalue weighted by atomic mass is 9.99. The maximum Gasteiger partial charge on any atom is 0.220 e. The van der Waals surface area contributed by atoms with Crippen LogP contribution in [0.4, 0.5) is 0 Å². The zero-order valence-corrected chi connectivity index (χ0v) is 10.8. The molecule has 0 saturated carbocycles. The summed E-state index contributed by atoms with van der Waals surface area (Å²) in [4.78, 5) is 9.12. The molecule has 1 saturated heterocycles. The first kappa shape index (κ1) is 11.3. The van der Waals surface area contributed by atoms with Crippen molar-refractivity contribution in [1.82, 2.24) is 9.97 Å². The molecular formula is C12H17N3OS. The summed E-state index contributed by atoms with van der Waals surface area (Å²) in [5.74, 6) is 4.47. The number of nitrogens with zero attached hydrogens (tertiary/aromatic N) is 2. The van der Waals surface area contributed by atoms with Crippen LogP contribution in [0.3, 0.4) is 0 Å². The molecule has 1 aromatic rings. The fourth-order valence-corrected chi connectivity index (χ4v) is 3.62. The van der Waals surface area contributed by atoms with E-state index in [0.29, 0.717) is 5.92 Å². The Kier molecular flexibility index (Phi) is 2.96. The first-order valence-electron chi connectivity index (χ1n) is 6.12. The molecule has 0 radical (unpaired) electrons. The molecule has 4 nitrogen and oxygen atoms in total. The molecule has 3 rings (SSSR count). The first-order valence-corrected chi connectivity index (χ1v) is 7.28. The standard InChI is InChI=1S/C12H17N3OS/c1-7(13)11-14-10(8-3-5-17-6-8)9-2-4-16-12(9)15-11/h7-8H,2-6,13H2,1H3. The van der Waals surface area contributed by atoms with Crippen molar-refractivity contribution in [2.75, 3.05) is 18.1 Å². The van der Waals surface area contributed by atoms with Crippen LogP contribution in [0.1, 0.15) is 42.4 Å². The van der Waals surface area contributed by atoms with Crippen LogP contribution in [-0.2, 0) is 6.42 Å². The Morgan fingerprint density at radius 3 is 3.06 bits per heavy atom. The Labute approximate surface area is 105 Å². The summed E-state index contributed by atoms with van der Waals surface area (Å²) in [6, 6.07) is -0.127. The molecule has 2 unspecified atom stereocenters. The van der Waals surface area contributed by atoms with Crippen molar-refractivity contribution < 1.29 is 4.74 Å². The molecule has 2 aliphatic heterocycles. The Morgan fingerprint density at radius 1 is 1.47 bits per heavy atom. The van der Waals surface area contributed by atoms with Gasteiger partial charge in [0.05, 0.1) is 18.3 Å². The molecule has 0 spiro atoms. The largest absolute Gasteiger partial charge is 0.477 e. The molecule has 0 aliphatic carbocycles. The van der Waals surface area contributed by atoms with Gasteiger partial charge in [-0.15, -0.1) is 0 Å². The van der Waals surface area contributed by atoms with E-state index >= 15 is 0 Å². The van der Waals surface area contributed by atoms with Crippen LogP contribution in [-0.4, -0.2) is 28.1 Å². The lowest BCUT2D eigenvalue weighted by molar-refractivity contribution is 0.342.